The molecule has 1 aliphatic heterocycles. The van der Waals surface area contributed by atoms with Crippen LogP contribution in [0.5, 0.6) is 17.2 Å². The van der Waals surface area contributed by atoms with Gasteiger partial charge in [-0.15, -0.1) is 0 Å². The van der Waals surface area contributed by atoms with Crippen molar-refractivity contribution in [1.29, 1.82) is 0 Å². The average molecular weight is 479 g/mol. The summed E-state index contributed by atoms with van der Waals surface area (Å²) in [6.07, 6.45) is 0. The standard InChI is InChI=1S/C26H34N6O3/c1-17-18(2)27-26(29-19-7-9-21(10-8-19)32-13-11-31(3)12-14-32)30-25(17)28-20-15-22(33-4)24(35-6)23(16-20)34-5/h7-10,15-16H,11-14H2,1-6H3,(H2,27,28,29,30). The maximum absolute atomic E-state index is 5.48. The van der Waals surface area contributed by atoms with Crippen LogP contribution in [-0.2, 0) is 0 Å². The first kappa shape index (κ1) is 24.4. The van der Waals surface area contributed by atoms with E-state index < -0.39 is 0 Å². The predicted molar refractivity (Wildman–Crippen MR) is 140 cm³/mol. The summed E-state index contributed by atoms with van der Waals surface area (Å²) in [6, 6.07) is 12.1. The Morgan fingerprint density at radius 2 is 1.40 bits per heavy atom. The summed E-state index contributed by atoms with van der Waals surface area (Å²) >= 11 is 0. The van der Waals surface area contributed by atoms with E-state index in [1.807, 2.05) is 26.0 Å². The molecule has 9 nitrogen and oxygen atoms in total. The number of aryl methyl sites for hydroxylation is 1. The molecule has 0 atom stereocenters. The maximum Gasteiger partial charge on any atom is 0.229 e. The van der Waals surface area contributed by atoms with Crippen LogP contribution in [0.15, 0.2) is 36.4 Å². The second-order valence-electron chi connectivity index (χ2n) is 8.61. The summed E-state index contributed by atoms with van der Waals surface area (Å²) in [5, 5.41) is 6.72. The Morgan fingerprint density at radius 1 is 0.771 bits per heavy atom. The lowest BCUT2D eigenvalue weighted by Gasteiger charge is -2.34. The molecular weight excluding hydrogens is 444 g/mol. The van der Waals surface area contributed by atoms with Gasteiger partial charge in [0.1, 0.15) is 5.82 Å². The van der Waals surface area contributed by atoms with Crippen molar-refractivity contribution in [1.82, 2.24) is 14.9 Å². The molecule has 9 heteroatoms. The van der Waals surface area contributed by atoms with E-state index in [9.17, 15) is 0 Å². The van der Waals surface area contributed by atoms with Gasteiger partial charge in [0.05, 0.1) is 21.3 Å². The minimum atomic E-state index is 0.524. The lowest BCUT2D eigenvalue weighted by atomic mass is 10.2. The molecule has 0 bridgehead atoms. The summed E-state index contributed by atoms with van der Waals surface area (Å²) in [5.74, 6) is 2.89. The lowest BCUT2D eigenvalue weighted by Crippen LogP contribution is -2.44. The molecule has 4 rings (SSSR count). The zero-order chi connectivity index (χ0) is 24.9. The van der Waals surface area contributed by atoms with Gasteiger partial charge in [-0.2, -0.15) is 4.98 Å². The normalized spacial score (nSPS) is 13.9. The number of benzene rings is 2. The molecule has 2 heterocycles. The molecule has 0 spiro atoms. The van der Waals surface area contributed by atoms with Crippen molar-refractivity contribution in [2.45, 2.75) is 13.8 Å². The summed E-state index contributed by atoms with van der Waals surface area (Å²) in [5.41, 5.74) is 4.77. The molecule has 186 valence electrons. The van der Waals surface area contributed by atoms with E-state index in [4.69, 9.17) is 19.2 Å². The highest BCUT2D eigenvalue weighted by Gasteiger charge is 2.16. The van der Waals surface area contributed by atoms with Gasteiger partial charge >= 0.3 is 0 Å². The van der Waals surface area contributed by atoms with Crippen LogP contribution in [-0.4, -0.2) is 69.4 Å². The van der Waals surface area contributed by atoms with Crippen molar-refractivity contribution in [3.63, 3.8) is 0 Å². The van der Waals surface area contributed by atoms with Crippen LogP contribution >= 0.6 is 0 Å². The fourth-order valence-corrected chi connectivity index (χ4v) is 4.05. The first-order valence-electron chi connectivity index (χ1n) is 11.6. The monoisotopic (exact) mass is 478 g/mol. The largest absolute Gasteiger partial charge is 0.493 e. The van der Waals surface area contributed by atoms with Crippen LogP contribution in [0.3, 0.4) is 0 Å². The third kappa shape index (κ3) is 5.51. The van der Waals surface area contributed by atoms with Gasteiger partial charge in [0, 0.05) is 66.6 Å². The van der Waals surface area contributed by atoms with Crippen LogP contribution < -0.4 is 29.7 Å². The van der Waals surface area contributed by atoms with Crippen LogP contribution in [0.4, 0.5) is 28.8 Å². The topological polar surface area (TPSA) is 84.0 Å². The number of nitrogens with zero attached hydrogens (tertiary/aromatic N) is 4. The van der Waals surface area contributed by atoms with E-state index in [2.05, 4.69) is 56.7 Å². The van der Waals surface area contributed by atoms with Crippen LogP contribution in [0.1, 0.15) is 11.3 Å². The number of likely N-dealkylation sites (N-methyl/N-ethyl adjacent to an activating group) is 1. The average Bonchev–Trinajstić information content (AvgIpc) is 2.87. The molecular formula is C26H34N6O3. The highest BCUT2D eigenvalue weighted by Crippen LogP contribution is 2.40. The fraction of sp³-hybridized carbons (Fsp3) is 0.385. The van der Waals surface area contributed by atoms with Crippen molar-refractivity contribution in [3.8, 4) is 17.2 Å². The molecule has 2 N–H and O–H groups in total. The van der Waals surface area contributed by atoms with Gasteiger partial charge in [0.15, 0.2) is 11.5 Å². The number of rotatable bonds is 8. The van der Waals surface area contributed by atoms with Gasteiger partial charge < -0.3 is 34.6 Å². The van der Waals surface area contributed by atoms with Gasteiger partial charge in [0.2, 0.25) is 11.7 Å². The molecule has 0 unspecified atom stereocenters. The minimum Gasteiger partial charge on any atom is -0.493 e. The second-order valence-corrected chi connectivity index (χ2v) is 8.61. The molecule has 2 aromatic carbocycles. The third-order valence-corrected chi connectivity index (χ3v) is 6.31. The number of hydrogen-bond acceptors (Lipinski definition) is 9. The Morgan fingerprint density at radius 3 is 1.97 bits per heavy atom. The van der Waals surface area contributed by atoms with Crippen LogP contribution in [0, 0.1) is 13.8 Å². The van der Waals surface area contributed by atoms with Gasteiger partial charge in [-0.3, -0.25) is 0 Å². The maximum atomic E-state index is 5.48. The van der Waals surface area contributed by atoms with Crippen molar-refractivity contribution >= 4 is 28.8 Å². The van der Waals surface area contributed by atoms with E-state index >= 15 is 0 Å². The van der Waals surface area contributed by atoms with Crippen molar-refractivity contribution < 1.29 is 14.2 Å². The smallest absolute Gasteiger partial charge is 0.229 e. The minimum absolute atomic E-state index is 0.524. The van der Waals surface area contributed by atoms with Crippen LogP contribution in [0.2, 0.25) is 0 Å². The highest BCUT2D eigenvalue weighted by molar-refractivity contribution is 5.69. The van der Waals surface area contributed by atoms with E-state index in [0.29, 0.717) is 29.0 Å². The quantitative estimate of drug-likeness (QED) is 0.491. The van der Waals surface area contributed by atoms with Gasteiger partial charge in [-0.1, -0.05) is 0 Å². The number of aromatic nitrogens is 2. The first-order valence-corrected chi connectivity index (χ1v) is 11.6. The molecule has 1 aromatic heterocycles. The number of ether oxygens (including phenoxy) is 3. The molecule has 3 aromatic rings. The van der Waals surface area contributed by atoms with E-state index in [1.165, 1.54) is 5.69 Å². The Balaban J connectivity index is 1.54. The molecule has 1 fully saturated rings. The number of piperazine rings is 1. The number of nitrogens with one attached hydrogen (secondary N) is 2. The van der Waals surface area contributed by atoms with Gasteiger partial charge in [-0.05, 0) is 45.2 Å². The van der Waals surface area contributed by atoms with Crippen molar-refractivity contribution in [2.24, 2.45) is 0 Å². The Kier molecular flexibility index (Phi) is 7.45. The number of anilines is 5. The third-order valence-electron chi connectivity index (χ3n) is 6.31. The van der Waals surface area contributed by atoms with Gasteiger partial charge in [-0.25, -0.2) is 4.98 Å². The van der Waals surface area contributed by atoms with E-state index in [0.717, 1.165) is 48.8 Å². The molecule has 0 aliphatic carbocycles. The molecule has 35 heavy (non-hydrogen) atoms. The molecule has 1 aliphatic rings. The fourth-order valence-electron chi connectivity index (χ4n) is 4.05. The Bertz CT molecular complexity index is 1140. The Labute approximate surface area is 207 Å². The van der Waals surface area contributed by atoms with Crippen molar-refractivity contribution in [3.05, 3.63) is 47.7 Å². The number of methoxy groups -OCH3 is 3. The van der Waals surface area contributed by atoms with E-state index in [1.54, 1.807) is 21.3 Å². The van der Waals surface area contributed by atoms with E-state index in [-0.39, 0.29) is 0 Å². The predicted octanol–water partition coefficient (Wildman–Crippen LogP) is 4.36. The molecule has 1 saturated heterocycles. The highest BCUT2D eigenvalue weighted by atomic mass is 16.5. The summed E-state index contributed by atoms with van der Waals surface area (Å²) in [6.45, 7) is 8.21. The SMILES string of the molecule is COc1cc(Nc2nc(Nc3ccc(N4CCN(C)CC4)cc3)nc(C)c2C)cc(OC)c1OC. The first-order chi connectivity index (χ1) is 16.9. The zero-order valence-electron chi connectivity index (χ0n) is 21.3. The summed E-state index contributed by atoms with van der Waals surface area (Å²) in [4.78, 5) is 14.1. The van der Waals surface area contributed by atoms with Gasteiger partial charge in [0.25, 0.3) is 0 Å². The summed E-state index contributed by atoms with van der Waals surface area (Å²) < 4.78 is 16.4. The molecule has 0 amide bonds. The Hall–Kier alpha value is -3.72. The molecule has 0 radical (unpaired) electrons. The number of hydrogen-bond donors (Lipinski definition) is 2. The zero-order valence-corrected chi connectivity index (χ0v) is 21.3. The summed E-state index contributed by atoms with van der Waals surface area (Å²) in [7, 11) is 6.94. The van der Waals surface area contributed by atoms with Crippen LogP contribution in [0.25, 0.3) is 0 Å². The molecule has 0 saturated carbocycles. The lowest BCUT2D eigenvalue weighted by molar-refractivity contribution is 0.313. The second kappa shape index (κ2) is 10.7. The van der Waals surface area contributed by atoms with Crippen molar-refractivity contribution in [2.75, 3.05) is 70.1 Å².